The second kappa shape index (κ2) is 4.93. The molecular weight excluding hydrogens is 228 g/mol. The summed E-state index contributed by atoms with van der Waals surface area (Å²) in [5.41, 5.74) is 1.12. The van der Waals surface area contributed by atoms with Crippen LogP contribution in [0.25, 0.3) is 0 Å². The summed E-state index contributed by atoms with van der Waals surface area (Å²) in [6, 6.07) is 2.07. The lowest BCUT2D eigenvalue weighted by Gasteiger charge is -2.29. The molecule has 17 heavy (non-hydrogen) atoms. The number of hydrogen-bond donors (Lipinski definition) is 0. The first kappa shape index (κ1) is 12.8. The summed E-state index contributed by atoms with van der Waals surface area (Å²) in [5, 5.41) is 2.04. The Bertz CT molecular complexity index is 397. The second-order valence-corrected chi connectivity index (χ2v) is 6.76. The molecule has 0 bridgehead atoms. The minimum Gasteiger partial charge on any atom is -0.293 e. The zero-order chi connectivity index (χ0) is 12.5. The Morgan fingerprint density at radius 3 is 2.53 bits per heavy atom. The van der Waals surface area contributed by atoms with E-state index in [1.54, 1.807) is 11.3 Å². The van der Waals surface area contributed by atoms with Crippen LogP contribution in [-0.2, 0) is 0 Å². The second-order valence-electron chi connectivity index (χ2n) is 5.85. The first-order valence-corrected chi connectivity index (χ1v) is 7.52. The van der Waals surface area contributed by atoms with Crippen LogP contribution in [0.3, 0.4) is 0 Å². The van der Waals surface area contributed by atoms with Gasteiger partial charge in [0.1, 0.15) is 0 Å². The van der Waals surface area contributed by atoms with E-state index in [0.717, 1.165) is 29.7 Å². The monoisotopic (exact) mass is 250 g/mol. The molecule has 0 amide bonds. The molecule has 1 aliphatic rings. The third-order valence-electron chi connectivity index (χ3n) is 3.91. The topological polar surface area (TPSA) is 17.1 Å². The summed E-state index contributed by atoms with van der Waals surface area (Å²) in [5.74, 6) is 1.04. The SMILES string of the molecule is Cc1ccsc1C(=O)C1(CC(C)C)CCCC1. The summed E-state index contributed by atoms with van der Waals surface area (Å²) >= 11 is 1.62. The van der Waals surface area contributed by atoms with Crippen molar-refractivity contribution in [2.75, 3.05) is 0 Å². The molecule has 0 saturated heterocycles. The Labute approximate surface area is 108 Å². The van der Waals surface area contributed by atoms with Crippen molar-refractivity contribution in [1.29, 1.82) is 0 Å². The van der Waals surface area contributed by atoms with Gasteiger partial charge in [0.25, 0.3) is 0 Å². The maximum absolute atomic E-state index is 12.8. The van der Waals surface area contributed by atoms with Crippen molar-refractivity contribution in [3.8, 4) is 0 Å². The number of aryl methyl sites for hydroxylation is 1. The molecule has 1 fully saturated rings. The van der Waals surface area contributed by atoms with Crippen LogP contribution in [-0.4, -0.2) is 5.78 Å². The van der Waals surface area contributed by atoms with Gasteiger partial charge in [0.2, 0.25) is 0 Å². The van der Waals surface area contributed by atoms with Crippen LogP contribution >= 0.6 is 11.3 Å². The van der Waals surface area contributed by atoms with Crippen molar-refractivity contribution in [2.24, 2.45) is 11.3 Å². The van der Waals surface area contributed by atoms with Crippen LogP contribution in [0.2, 0.25) is 0 Å². The molecular formula is C15H22OS. The lowest BCUT2D eigenvalue weighted by molar-refractivity contribution is 0.0764. The van der Waals surface area contributed by atoms with Crippen molar-refractivity contribution in [3.05, 3.63) is 21.9 Å². The average molecular weight is 250 g/mol. The molecule has 0 unspecified atom stereocenters. The van der Waals surface area contributed by atoms with E-state index in [4.69, 9.17) is 0 Å². The summed E-state index contributed by atoms with van der Waals surface area (Å²) in [6.45, 7) is 6.52. The molecule has 0 atom stereocenters. The highest BCUT2D eigenvalue weighted by Gasteiger charge is 2.42. The van der Waals surface area contributed by atoms with Gasteiger partial charge in [0.05, 0.1) is 4.88 Å². The van der Waals surface area contributed by atoms with Gasteiger partial charge in [-0.2, -0.15) is 0 Å². The van der Waals surface area contributed by atoms with Crippen LogP contribution in [0.1, 0.15) is 61.2 Å². The van der Waals surface area contributed by atoms with Gasteiger partial charge in [-0.05, 0) is 49.1 Å². The Kier molecular flexibility index (Phi) is 3.72. The van der Waals surface area contributed by atoms with Gasteiger partial charge in [-0.25, -0.2) is 0 Å². The van der Waals surface area contributed by atoms with E-state index < -0.39 is 0 Å². The highest BCUT2D eigenvalue weighted by atomic mass is 32.1. The summed E-state index contributed by atoms with van der Waals surface area (Å²) in [6.07, 6.45) is 5.71. The third-order valence-corrected chi connectivity index (χ3v) is 4.92. The lowest BCUT2D eigenvalue weighted by Crippen LogP contribution is -2.29. The van der Waals surface area contributed by atoms with Crippen molar-refractivity contribution in [3.63, 3.8) is 0 Å². The van der Waals surface area contributed by atoms with E-state index in [1.165, 1.54) is 12.8 Å². The van der Waals surface area contributed by atoms with Crippen molar-refractivity contribution in [2.45, 2.75) is 52.9 Å². The van der Waals surface area contributed by atoms with E-state index >= 15 is 0 Å². The number of rotatable bonds is 4. The van der Waals surface area contributed by atoms with Gasteiger partial charge < -0.3 is 0 Å². The molecule has 0 radical (unpaired) electrons. The van der Waals surface area contributed by atoms with Crippen molar-refractivity contribution in [1.82, 2.24) is 0 Å². The fourth-order valence-electron chi connectivity index (χ4n) is 3.20. The Balaban J connectivity index is 2.28. The Morgan fingerprint density at radius 2 is 2.06 bits per heavy atom. The van der Waals surface area contributed by atoms with Crippen LogP contribution in [0, 0.1) is 18.3 Å². The number of carbonyl (C=O) groups is 1. The molecule has 0 spiro atoms. The smallest absolute Gasteiger partial charge is 0.179 e. The molecule has 94 valence electrons. The molecule has 1 aromatic heterocycles. The number of ketones is 1. The van der Waals surface area contributed by atoms with Crippen LogP contribution in [0.4, 0.5) is 0 Å². The Morgan fingerprint density at radius 1 is 1.41 bits per heavy atom. The van der Waals surface area contributed by atoms with E-state index in [0.29, 0.717) is 11.7 Å². The van der Waals surface area contributed by atoms with Gasteiger partial charge in [-0.15, -0.1) is 11.3 Å². The quantitative estimate of drug-likeness (QED) is 0.698. The van der Waals surface area contributed by atoms with E-state index in [-0.39, 0.29) is 5.41 Å². The van der Waals surface area contributed by atoms with E-state index in [9.17, 15) is 4.79 Å². The number of hydrogen-bond acceptors (Lipinski definition) is 2. The molecule has 2 rings (SSSR count). The average Bonchev–Trinajstić information content (AvgIpc) is 2.86. The summed E-state index contributed by atoms with van der Waals surface area (Å²) in [4.78, 5) is 13.8. The van der Waals surface area contributed by atoms with Gasteiger partial charge in [-0.1, -0.05) is 26.7 Å². The molecule has 1 saturated carbocycles. The minimum absolute atomic E-state index is 0.0379. The van der Waals surface area contributed by atoms with Gasteiger partial charge in [-0.3, -0.25) is 4.79 Å². The highest BCUT2D eigenvalue weighted by Crippen LogP contribution is 2.46. The van der Waals surface area contributed by atoms with Crippen LogP contribution in [0.5, 0.6) is 0 Å². The van der Waals surface area contributed by atoms with Gasteiger partial charge >= 0.3 is 0 Å². The lowest BCUT2D eigenvalue weighted by atomic mass is 9.74. The maximum atomic E-state index is 12.8. The molecule has 1 aliphatic carbocycles. The molecule has 1 nitrogen and oxygen atoms in total. The third kappa shape index (κ3) is 2.47. The molecule has 1 heterocycles. The standard InChI is InChI=1S/C15H22OS/c1-11(2)10-15(7-4-5-8-15)14(16)13-12(3)6-9-17-13/h6,9,11H,4-5,7-8,10H2,1-3H3. The highest BCUT2D eigenvalue weighted by molar-refractivity contribution is 7.12. The molecule has 0 aliphatic heterocycles. The number of thiophene rings is 1. The zero-order valence-electron chi connectivity index (χ0n) is 11.1. The van der Waals surface area contributed by atoms with Crippen LogP contribution < -0.4 is 0 Å². The fourth-order valence-corrected chi connectivity index (χ4v) is 4.19. The van der Waals surface area contributed by atoms with E-state index in [1.807, 2.05) is 5.38 Å². The summed E-state index contributed by atoms with van der Waals surface area (Å²) < 4.78 is 0. The maximum Gasteiger partial charge on any atom is 0.179 e. The first-order valence-electron chi connectivity index (χ1n) is 6.64. The van der Waals surface area contributed by atoms with E-state index in [2.05, 4.69) is 26.8 Å². The molecule has 1 aromatic rings. The van der Waals surface area contributed by atoms with Gasteiger partial charge in [0, 0.05) is 5.41 Å². The molecule has 2 heteroatoms. The number of carbonyl (C=O) groups excluding carboxylic acids is 1. The predicted molar refractivity (Wildman–Crippen MR) is 73.7 cm³/mol. The zero-order valence-corrected chi connectivity index (χ0v) is 11.9. The largest absolute Gasteiger partial charge is 0.293 e. The number of Topliss-reactive ketones (excluding diaryl/α,β-unsaturated/α-hetero) is 1. The first-order chi connectivity index (χ1) is 8.05. The molecule has 0 aromatic carbocycles. The van der Waals surface area contributed by atoms with Crippen molar-refractivity contribution >= 4 is 17.1 Å². The van der Waals surface area contributed by atoms with Crippen molar-refractivity contribution < 1.29 is 4.79 Å². The normalized spacial score (nSPS) is 18.8. The van der Waals surface area contributed by atoms with Crippen LogP contribution in [0.15, 0.2) is 11.4 Å². The minimum atomic E-state index is -0.0379. The predicted octanol–water partition coefficient (Wildman–Crippen LogP) is 4.85. The Hall–Kier alpha value is -0.630. The molecule has 0 N–H and O–H groups in total. The fraction of sp³-hybridized carbons (Fsp3) is 0.667. The summed E-state index contributed by atoms with van der Waals surface area (Å²) in [7, 11) is 0. The van der Waals surface area contributed by atoms with Gasteiger partial charge in [0.15, 0.2) is 5.78 Å².